The molecule has 2 heteroatoms. The zero-order valence-electron chi connectivity index (χ0n) is 7.85. The Labute approximate surface area is 64.8 Å². The van der Waals surface area contributed by atoms with Gasteiger partial charge in [0, 0.05) is 13.2 Å². The van der Waals surface area contributed by atoms with Crippen LogP contribution in [0.5, 0.6) is 0 Å². The topological polar surface area (TPSA) is 35.2 Å². The lowest BCUT2D eigenvalue weighted by Gasteiger charge is -2.12. The van der Waals surface area contributed by atoms with Crippen LogP contribution in [0.3, 0.4) is 0 Å². The Morgan fingerprint density at radius 3 is 1.80 bits per heavy atom. The smallest absolute Gasteiger partial charge is 0.0616 e. The summed E-state index contributed by atoms with van der Waals surface area (Å²) < 4.78 is 4.84. The summed E-state index contributed by atoms with van der Waals surface area (Å²) in [6, 6.07) is 0.194. The van der Waals surface area contributed by atoms with E-state index in [0.717, 1.165) is 0 Å². The van der Waals surface area contributed by atoms with E-state index in [1.54, 1.807) is 7.11 Å². The van der Waals surface area contributed by atoms with Crippen molar-refractivity contribution in [3.05, 3.63) is 0 Å². The van der Waals surface area contributed by atoms with Crippen LogP contribution in [0.25, 0.3) is 0 Å². The third-order valence-corrected chi connectivity index (χ3v) is 1.22. The first-order chi connectivity index (χ1) is 4.68. The number of hydrogen-bond donors (Lipinski definition) is 1. The van der Waals surface area contributed by atoms with Gasteiger partial charge in [-0.05, 0) is 5.92 Å². The summed E-state index contributed by atoms with van der Waals surface area (Å²) in [7, 11) is 1.67. The van der Waals surface area contributed by atoms with Crippen molar-refractivity contribution in [2.45, 2.75) is 33.7 Å². The Kier molecular flexibility index (Phi) is 11.2. The molecule has 64 valence electrons. The number of methoxy groups -OCH3 is 1. The fourth-order valence-corrected chi connectivity index (χ4v) is 0.385. The van der Waals surface area contributed by atoms with Crippen LogP contribution in [0, 0.1) is 5.92 Å². The first-order valence-electron chi connectivity index (χ1n) is 3.93. The average Bonchev–Trinajstić information content (AvgIpc) is 1.93. The zero-order valence-corrected chi connectivity index (χ0v) is 7.85. The summed E-state index contributed by atoms with van der Waals surface area (Å²) in [6.07, 6.45) is 0. The van der Waals surface area contributed by atoms with E-state index in [-0.39, 0.29) is 6.04 Å². The highest BCUT2D eigenvalue weighted by Crippen LogP contribution is 1.96. The van der Waals surface area contributed by atoms with Crippen LogP contribution >= 0.6 is 0 Å². The van der Waals surface area contributed by atoms with Gasteiger partial charge in [-0.2, -0.15) is 0 Å². The minimum absolute atomic E-state index is 0.194. The molecule has 0 saturated heterocycles. The molecule has 0 aromatic rings. The number of ether oxygens (including phenoxy) is 1. The van der Waals surface area contributed by atoms with Crippen molar-refractivity contribution in [3.63, 3.8) is 0 Å². The van der Waals surface area contributed by atoms with Crippen molar-refractivity contribution >= 4 is 0 Å². The van der Waals surface area contributed by atoms with Gasteiger partial charge in [0.1, 0.15) is 0 Å². The molecule has 0 amide bonds. The molecular weight excluding hydrogens is 126 g/mol. The summed E-state index contributed by atoms with van der Waals surface area (Å²) in [6.45, 7) is 8.84. The Balaban J connectivity index is 0. The number of rotatable bonds is 3. The summed E-state index contributed by atoms with van der Waals surface area (Å²) in [5.41, 5.74) is 5.60. The van der Waals surface area contributed by atoms with Gasteiger partial charge < -0.3 is 10.5 Å². The van der Waals surface area contributed by atoms with Crippen molar-refractivity contribution in [2.75, 3.05) is 13.7 Å². The first kappa shape index (κ1) is 12.6. The van der Waals surface area contributed by atoms with Crippen LogP contribution < -0.4 is 5.73 Å². The van der Waals surface area contributed by atoms with Crippen LogP contribution in [0.4, 0.5) is 0 Å². The Bertz CT molecular complexity index is 55.2. The standard InChI is InChI=1S/C6H15NO.C2H6/c1-5(2)6(7)4-8-3;1-2/h5-6H,4,7H2,1-3H3;1-2H3. The van der Waals surface area contributed by atoms with Crippen molar-refractivity contribution in [1.82, 2.24) is 0 Å². The minimum atomic E-state index is 0.194. The number of hydrogen-bond acceptors (Lipinski definition) is 2. The third-order valence-electron chi connectivity index (χ3n) is 1.22. The van der Waals surface area contributed by atoms with Crippen LogP contribution in [0.1, 0.15) is 27.7 Å². The molecule has 0 aromatic carbocycles. The molecule has 2 N–H and O–H groups in total. The van der Waals surface area contributed by atoms with Crippen LogP contribution in [-0.4, -0.2) is 19.8 Å². The van der Waals surface area contributed by atoms with Crippen LogP contribution in [0.2, 0.25) is 0 Å². The average molecular weight is 147 g/mol. The van der Waals surface area contributed by atoms with Gasteiger partial charge in [-0.15, -0.1) is 0 Å². The van der Waals surface area contributed by atoms with E-state index in [0.29, 0.717) is 12.5 Å². The summed E-state index contributed by atoms with van der Waals surface area (Å²) in [4.78, 5) is 0. The van der Waals surface area contributed by atoms with Crippen LogP contribution in [-0.2, 0) is 4.74 Å². The van der Waals surface area contributed by atoms with Crippen molar-refractivity contribution in [2.24, 2.45) is 11.7 Å². The van der Waals surface area contributed by atoms with Gasteiger partial charge in [-0.25, -0.2) is 0 Å². The maximum Gasteiger partial charge on any atom is 0.0616 e. The summed E-state index contributed by atoms with van der Waals surface area (Å²) in [5, 5.41) is 0. The second-order valence-electron chi connectivity index (χ2n) is 2.36. The van der Waals surface area contributed by atoms with E-state index in [1.165, 1.54) is 0 Å². The fraction of sp³-hybridized carbons (Fsp3) is 1.00. The quantitative estimate of drug-likeness (QED) is 0.658. The summed E-state index contributed by atoms with van der Waals surface area (Å²) in [5.74, 6) is 0.523. The van der Waals surface area contributed by atoms with Gasteiger partial charge in [0.25, 0.3) is 0 Å². The van der Waals surface area contributed by atoms with E-state index >= 15 is 0 Å². The highest BCUT2D eigenvalue weighted by Gasteiger charge is 2.04. The molecule has 10 heavy (non-hydrogen) atoms. The molecule has 0 bridgehead atoms. The maximum absolute atomic E-state index is 5.60. The molecule has 1 atom stereocenters. The molecule has 0 aromatic heterocycles. The lowest BCUT2D eigenvalue weighted by molar-refractivity contribution is 0.164. The van der Waals surface area contributed by atoms with Crippen molar-refractivity contribution in [1.29, 1.82) is 0 Å². The highest BCUT2D eigenvalue weighted by atomic mass is 16.5. The molecule has 0 heterocycles. The predicted molar refractivity (Wildman–Crippen MR) is 46.0 cm³/mol. The molecule has 0 rings (SSSR count). The molecular formula is C8H21NO. The normalized spacial score (nSPS) is 12.3. The SMILES string of the molecule is CC.COCC(N)C(C)C. The minimum Gasteiger partial charge on any atom is -0.383 e. The lowest BCUT2D eigenvalue weighted by Crippen LogP contribution is -2.30. The van der Waals surface area contributed by atoms with Gasteiger partial charge in [0.2, 0.25) is 0 Å². The second kappa shape index (κ2) is 8.92. The molecule has 1 unspecified atom stereocenters. The molecule has 0 radical (unpaired) electrons. The van der Waals surface area contributed by atoms with E-state index in [1.807, 2.05) is 13.8 Å². The monoisotopic (exact) mass is 147 g/mol. The number of nitrogens with two attached hydrogens (primary N) is 1. The third kappa shape index (κ3) is 7.92. The molecule has 0 fully saturated rings. The lowest BCUT2D eigenvalue weighted by atomic mass is 10.1. The molecule has 2 nitrogen and oxygen atoms in total. The van der Waals surface area contributed by atoms with E-state index < -0.39 is 0 Å². The van der Waals surface area contributed by atoms with Gasteiger partial charge in [-0.3, -0.25) is 0 Å². The largest absolute Gasteiger partial charge is 0.383 e. The van der Waals surface area contributed by atoms with E-state index in [4.69, 9.17) is 10.5 Å². The second-order valence-corrected chi connectivity index (χ2v) is 2.36. The maximum atomic E-state index is 5.60. The molecule has 0 saturated carbocycles. The van der Waals surface area contributed by atoms with Gasteiger partial charge >= 0.3 is 0 Å². The Morgan fingerprint density at radius 1 is 1.30 bits per heavy atom. The van der Waals surface area contributed by atoms with Gasteiger partial charge in [0.15, 0.2) is 0 Å². The van der Waals surface area contributed by atoms with E-state index in [2.05, 4.69) is 13.8 Å². The Morgan fingerprint density at radius 2 is 1.70 bits per heavy atom. The highest BCUT2D eigenvalue weighted by molar-refractivity contribution is 4.62. The molecule has 0 aliphatic rings. The van der Waals surface area contributed by atoms with Crippen LogP contribution in [0.15, 0.2) is 0 Å². The van der Waals surface area contributed by atoms with Crippen molar-refractivity contribution in [3.8, 4) is 0 Å². The summed E-state index contributed by atoms with van der Waals surface area (Å²) >= 11 is 0. The fourth-order valence-electron chi connectivity index (χ4n) is 0.385. The van der Waals surface area contributed by atoms with E-state index in [9.17, 15) is 0 Å². The molecule has 0 aliphatic heterocycles. The molecule has 0 spiro atoms. The molecule has 0 aliphatic carbocycles. The van der Waals surface area contributed by atoms with Gasteiger partial charge in [-0.1, -0.05) is 27.7 Å². The Hall–Kier alpha value is -0.0800. The zero-order chi connectivity index (χ0) is 8.57. The predicted octanol–water partition coefficient (Wildman–Crippen LogP) is 1.64. The van der Waals surface area contributed by atoms with Gasteiger partial charge in [0.05, 0.1) is 6.61 Å². The van der Waals surface area contributed by atoms with Crippen molar-refractivity contribution < 1.29 is 4.74 Å². The first-order valence-corrected chi connectivity index (χ1v) is 3.93.